The number of nitrogens with zero attached hydrogens (tertiary/aromatic N) is 1. The van der Waals surface area contributed by atoms with Gasteiger partial charge in [0, 0.05) is 37.7 Å². The van der Waals surface area contributed by atoms with Crippen LogP contribution in [-0.4, -0.2) is 31.1 Å². The minimum Gasteiger partial charge on any atom is -0.314 e. The van der Waals surface area contributed by atoms with Gasteiger partial charge < -0.3 is 5.32 Å². The summed E-state index contributed by atoms with van der Waals surface area (Å²) in [6, 6.07) is 8.12. The van der Waals surface area contributed by atoms with E-state index in [9.17, 15) is 0 Å². The molecule has 0 atom stereocenters. The van der Waals surface area contributed by atoms with E-state index in [0.717, 1.165) is 37.7 Å². The van der Waals surface area contributed by atoms with E-state index in [2.05, 4.69) is 22.3 Å². The molecule has 0 aromatic heterocycles. The second kappa shape index (κ2) is 8.15. The molecule has 1 aliphatic heterocycles. The Hall–Kier alpha value is 0.01000. The molecule has 0 unspecified atom stereocenters. The average Bonchev–Trinajstić information content (AvgIpc) is 2.23. The van der Waals surface area contributed by atoms with Gasteiger partial charge in [-0.25, -0.2) is 0 Å². The van der Waals surface area contributed by atoms with E-state index in [4.69, 9.17) is 11.6 Å². The summed E-state index contributed by atoms with van der Waals surface area (Å²) in [5.41, 5.74) is 1.34. The third-order valence-electron chi connectivity index (χ3n) is 2.53. The van der Waals surface area contributed by atoms with E-state index in [1.165, 1.54) is 5.56 Å². The molecular weight excluding hydrogens is 266 g/mol. The molecule has 1 saturated heterocycles. The predicted octanol–water partition coefficient (Wildman–Crippen LogP) is 2.59. The van der Waals surface area contributed by atoms with Gasteiger partial charge in [-0.1, -0.05) is 23.7 Å². The van der Waals surface area contributed by atoms with Crippen LogP contribution in [0, 0.1) is 0 Å². The molecule has 2 nitrogen and oxygen atoms in total. The van der Waals surface area contributed by atoms with Gasteiger partial charge in [-0.15, -0.1) is 24.8 Å². The lowest BCUT2D eigenvalue weighted by Crippen LogP contribution is -2.42. The summed E-state index contributed by atoms with van der Waals surface area (Å²) < 4.78 is 0. The zero-order chi connectivity index (χ0) is 9.80. The summed E-state index contributed by atoms with van der Waals surface area (Å²) in [5.74, 6) is 0. The summed E-state index contributed by atoms with van der Waals surface area (Å²) in [7, 11) is 0. The van der Waals surface area contributed by atoms with E-state index in [1.54, 1.807) is 0 Å². The first-order chi connectivity index (χ1) is 6.84. The predicted molar refractivity (Wildman–Crippen MR) is 74.1 cm³/mol. The maximum Gasteiger partial charge on any atom is 0.0406 e. The molecule has 0 amide bonds. The lowest BCUT2D eigenvalue weighted by Gasteiger charge is -2.27. The quantitative estimate of drug-likeness (QED) is 0.897. The van der Waals surface area contributed by atoms with Crippen LogP contribution in [0.4, 0.5) is 0 Å². The molecule has 1 aromatic carbocycles. The minimum atomic E-state index is 0. The van der Waals surface area contributed by atoms with Crippen molar-refractivity contribution in [2.75, 3.05) is 26.2 Å². The van der Waals surface area contributed by atoms with Crippen LogP contribution in [0.25, 0.3) is 0 Å². The number of hydrogen-bond acceptors (Lipinski definition) is 2. The second-order valence-electron chi connectivity index (χ2n) is 3.65. The maximum absolute atomic E-state index is 5.83. The molecule has 1 heterocycles. The van der Waals surface area contributed by atoms with Crippen LogP contribution in [0.1, 0.15) is 5.56 Å². The van der Waals surface area contributed by atoms with E-state index in [0.29, 0.717) is 0 Å². The van der Waals surface area contributed by atoms with E-state index < -0.39 is 0 Å². The van der Waals surface area contributed by atoms with Crippen LogP contribution < -0.4 is 5.32 Å². The van der Waals surface area contributed by atoms with Gasteiger partial charge in [0.05, 0.1) is 0 Å². The van der Waals surface area contributed by atoms with Gasteiger partial charge in [-0.3, -0.25) is 4.90 Å². The number of nitrogens with one attached hydrogen (secondary N) is 1. The normalized spacial score (nSPS) is 16.1. The Bertz CT molecular complexity index is 284. The summed E-state index contributed by atoms with van der Waals surface area (Å²) in [6.45, 7) is 5.53. The van der Waals surface area contributed by atoms with Crippen molar-refractivity contribution in [2.24, 2.45) is 0 Å². The van der Waals surface area contributed by atoms with Crippen LogP contribution in [0.2, 0.25) is 5.02 Å². The van der Waals surface area contributed by atoms with Crippen molar-refractivity contribution in [3.8, 4) is 0 Å². The lowest BCUT2D eigenvalue weighted by molar-refractivity contribution is 0.233. The monoisotopic (exact) mass is 282 g/mol. The number of rotatable bonds is 2. The Morgan fingerprint density at radius 3 is 2.19 bits per heavy atom. The number of piperazine rings is 1. The number of halogens is 3. The SMILES string of the molecule is Cl.Cl.Clc1ccc(CN2CCNCC2)cc1. The first-order valence-corrected chi connectivity index (χ1v) is 5.40. The summed E-state index contributed by atoms with van der Waals surface area (Å²) >= 11 is 5.83. The highest BCUT2D eigenvalue weighted by Gasteiger charge is 2.09. The topological polar surface area (TPSA) is 15.3 Å². The standard InChI is InChI=1S/C11H15ClN2.2ClH/c12-11-3-1-10(2-4-11)9-14-7-5-13-6-8-14;;/h1-4,13H,5-9H2;2*1H. The van der Waals surface area contributed by atoms with Crippen LogP contribution in [-0.2, 0) is 6.54 Å². The minimum absolute atomic E-state index is 0. The molecule has 16 heavy (non-hydrogen) atoms. The summed E-state index contributed by atoms with van der Waals surface area (Å²) in [5, 5.41) is 4.16. The van der Waals surface area contributed by atoms with Gasteiger partial charge in [0.25, 0.3) is 0 Å². The van der Waals surface area contributed by atoms with Gasteiger partial charge in [-0.05, 0) is 17.7 Å². The van der Waals surface area contributed by atoms with Crippen molar-refractivity contribution in [3.05, 3.63) is 34.9 Å². The molecule has 1 aliphatic rings. The smallest absolute Gasteiger partial charge is 0.0406 e. The highest BCUT2D eigenvalue weighted by molar-refractivity contribution is 6.30. The molecule has 0 radical (unpaired) electrons. The Kier molecular flexibility index (Phi) is 8.16. The van der Waals surface area contributed by atoms with Crippen molar-refractivity contribution < 1.29 is 0 Å². The fourth-order valence-electron chi connectivity index (χ4n) is 1.72. The molecule has 1 fully saturated rings. The zero-order valence-electron chi connectivity index (χ0n) is 8.99. The highest BCUT2D eigenvalue weighted by atomic mass is 35.5. The molecule has 1 N–H and O–H groups in total. The molecular formula is C11H17Cl3N2. The van der Waals surface area contributed by atoms with Crippen molar-refractivity contribution in [3.63, 3.8) is 0 Å². The average molecular weight is 284 g/mol. The Balaban J connectivity index is 0.00000112. The fourth-order valence-corrected chi connectivity index (χ4v) is 1.84. The fraction of sp³-hybridized carbons (Fsp3) is 0.455. The second-order valence-corrected chi connectivity index (χ2v) is 4.09. The molecule has 0 spiro atoms. The maximum atomic E-state index is 5.83. The van der Waals surface area contributed by atoms with E-state index in [1.807, 2.05) is 12.1 Å². The first kappa shape index (κ1) is 16.0. The van der Waals surface area contributed by atoms with E-state index >= 15 is 0 Å². The van der Waals surface area contributed by atoms with Gasteiger partial charge in [0.15, 0.2) is 0 Å². The Labute approximate surface area is 114 Å². The molecule has 0 aliphatic carbocycles. The van der Waals surface area contributed by atoms with Crippen molar-refractivity contribution >= 4 is 36.4 Å². The first-order valence-electron chi connectivity index (χ1n) is 5.02. The molecule has 1 aromatic rings. The molecule has 0 saturated carbocycles. The Morgan fingerprint density at radius 2 is 1.62 bits per heavy atom. The van der Waals surface area contributed by atoms with Crippen LogP contribution in [0.15, 0.2) is 24.3 Å². The van der Waals surface area contributed by atoms with E-state index in [-0.39, 0.29) is 24.8 Å². The van der Waals surface area contributed by atoms with Crippen LogP contribution in [0.3, 0.4) is 0 Å². The molecule has 0 bridgehead atoms. The van der Waals surface area contributed by atoms with Gasteiger partial charge in [0.1, 0.15) is 0 Å². The lowest BCUT2D eigenvalue weighted by atomic mass is 10.2. The third-order valence-corrected chi connectivity index (χ3v) is 2.78. The van der Waals surface area contributed by atoms with Crippen molar-refractivity contribution in [1.29, 1.82) is 0 Å². The number of benzene rings is 1. The van der Waals surface area contributed by atoms with Gasteiger partial charge >= 0.3 is 0 Å². The van der Waals surface area contributed by atoms with Crippen molar-refractivity contribution in [1.82, 2.24) is 10.2 Å². The summed E-state index contributed by atoms with van der Waals surface area (Å²) in [6.07, 6.45) is 0. The molecule has 92 valence electrons. The highest BCUT2D eigenvalue weighted by Crippen LogP contribution is 2.11. The Morgan fingerprint density at radius 1 is 1.06 bits per heavy atom. The van der Waals surface area contributed by atoms with Gasteiger partial charge in [-0.2, -0.15) is 0 Å². The van der Waals surface area contributed by atoms with Crippen LogP contribution >= 0.6 is 36.4 Å². The van der Waals surface area contributed by atoms with Gasteiger partial charge in [0.2, 0.25) is 0 Å². The molecule has 5 heteroatoms. The number of hydrogen-bond donors (Lipinski definition) is 1. The van der Waals surface area contributed by atoms with Crippen LogP contribution in [0.5, 0.6) is 0 Å². The largest absolute Gasteiger partial charge is 0.314 e. The third kappa shape index (κ3) is 4.89. The van der Waals surface area contributed by atoms with Crippen molar-refractivity contribution in [2.45, 2.75) is 6.54 Å². The molecule has 2 rings (SSSR count). The summed E-state index contributed by atoms with van der Waals surface area (Å²) in [4.78, 5) is 2.46. The zero-order valence-corrected chi connectivity index (χ0v) is 11.4.